The zero-order chi connectivity index (χ0) is 14.7. The minimum atomic E-state index is 1.05. The summed E-state index contributed by atoms with van der Waals surface area (Å²) in [5, 5.41) is 3.53. The Balaban J connectivity index is 0.00000154. The van der Waals surface area contributed by atoms with Gasteiger partial charge in [0.1, 0.15) is 0 Å². The van der Waals surface area contributed by atoms with Crippen LogP contribution in [0.15, 0.2) is 47.7 Å². The molecule has 0 aromatic heterocycles. The van der Waals surface area contributed by atoms with Gasteiger partial charge in [0, 0.05) is 11.4 Å². The largest absolute Gasteiger partial charge is 0.355 e. The number of aryl methyl sites for hydroxylation is 1. The average molecular weight is 259 g/mol. The normalized spacial score (nSPS) is 11.7. The molecule has 19 heavy (non-hydrogen) atoms. The van der Waals surface area contributed by atoms with Gasteiger partial charge in [0.15, 0.2) is 0 Å². The molecular weight excluding hydrogens is 230 g/mol. The van der Waals surface area contributed by atoms with Crippen molar-refractivity contribution in [3.8, 4) is 0 Å². The van der Waals surface area contributed by atoms with Gasteiger partial charge in [-0.05, 0) is 43.9 Å². The van der Waals surface area contributed by atoms with Crippen LogP contribution in [0.25, 0.3) is 0 Å². The monoisotopic (exact) mass is 259 g/mol. The smallest absolute Gasteiger partial charge is 0.0416 e. The van der Waals surface area contributed by atoms with Crippen molar-refractivity contribution in [1.82, 2.24) is 0 Å². The van der Waals surface area contributed by atoms with Crippen LogP contribution in [0.5, 0.6) is 0 Å². The Labute approximate surface area is 119 Å². The molecule has 1 heteroatoms. The first-order valence-electron chi connectivity index (χ1n) is 7.41. The lowest BCUT2D eigenvalue weighted by molar-refractivity contribution is 1.13. The van der Waals surface area contributed by atoms with Crippen LogP contribution in [0.3, 0.4) is 0 Å². The molecule has 0 aliphatic rings. The molecule has 1 N–H and O–H groups in total. The summed E-state index contributed by atoms with van der Waals surface area (Å²) >= 11 is 0. The lowest BCUT2D eigenvalue weighted by Gasteiger charge is -2.14. The molecule has 1 nitrogen and oxygen atoms in total. The molecule has 0 fully saturated rings. The molecule has 0 aliphatic heterocycles. The highest BCUT2D eigenvalue weighted by Gasteiger charge is 2.02. The first-order valence-corrected chi connectivity index (χ1v) is 7.41. The zero-order valence-corrected chi connectivity index (χ0v) is 13.4. The van der Waals surface area contributed by atoms with E-state index in [0.717, 1.165) is 12.8 Å². The van der Waals surface area contributed by atoms with E-state index in [1.165, 1.54) is 22.5 Å². The molecule has 0 aliphatic carbocycles. The predicted octanol–water partition coefficient (Wildman–Crippen LogP) is 5.95. The number of anilines is 1. The predicted molar refractivity (Wildman–Crippen MR) is 88.6 cm³/mol. The van der Waals surface area contributed by atoms with Gasteiger partial charge in [-0.1, -0.05) is 58.0 Å². The third-order valence-electron chi connectivity index (χ3n) is 2.89. The highest BCUT2D eigenvalue weighted by Crippen LogP contribution is 2.20. The van der Waals surface area contributed by atoms with E-state index >= 15 is 0 Å². The molecule has 106 valence electrons. The summed E-state index contributed by atoms with van der Waals surface area (Å²) in [4.78, 5) is 0. The standard InChI is InChI=1S/C16H23N.C2H6/c1-5-10-13(4)15(7-3)17-16-12-9-8-11-14(16)6-2;1-2/h7-12,17H,5-6H2,1-4H3;1-2H3/b13-10-,15-7+;. The molecule has 1 aromatic carbocycles. The molecule has 0 atom stereocenters. The molecule has 0 bridgehead atoms. The molecule has 1 aromatic rings. The fraction of sp³-hybridized carbons (Fsp3) is 0.444. The van der Waals surface area contributed by atoms with Crippen molar-refractivity contribution in [2.75, 3.05) is 5.32 Å². The Morgan fingerprint density at radius 3 is 2.32 bits per heavy atom. The van der Waals surface area contributed by atoms with Gasteiger partial charge in [-0.3, -0.25) is 0 Å². The zero-order valence-electron chi connectivity index (χ0n) is 13.4. The van der Waals surface area contributed by atoms with Crippen LogP contribution in [0.1, 0.15) is 53.5 Å². The summed E-state index contributed by atoms with van der Waals surface area (Å²) in [7, 11) is 0. The van der Waals surface area contributed by atoms with Crippen LogP contribution in [-0.4, -0.2) is 0 Å². The van der Waals surface area contributed by atoms with Gasteiger partial charge >= 0.3 is 0 Å². The first kappa shape index (κ1) is 17.5. The van der Waals surface area contributed by atoms with Crippen molar-refractivity contribution in [3.63, 3.8) is 0 Å². The summed E-state index contributed by atoms with van der Waals surface area (Å²) in [6.45, 7) is 12.6. The summed E-state index contributed by atoms with van der Waals surface area (Å²) in [6, 6.07) is 8.48. The van der Waals surface area contributed by atoms with E-state index < -0.39 is 0 Å². The number of hydrogen-bond donors (Lipinski definition) is 1. The van der Waals surface area contributed by atoms with Gasteiger partial charge in [0.25, 0.3) is 0 Å². The molecule has 0 saturated heterocycles. The van der Waals surface area contributed by atoms with E-state index in [4.69, 9.17) is 0 Å². The molecule has 0 radical (unpaired) electrons. The Hall–Kier alpha value is -1.50. The van der Waals surface area contributed by atoms with E-state index in [-0.39, 0.29) is 0 Å². The lowest BCUT2D eigenvalue weighted by atomic mass is 10.1. The SMILES string of the molecule is C/C=C(Nc1ccccc1CC)\C(C)=C/CC.CC. The van der Waals surface area contributed by atoms with Gasteiger partial charge in [0.2, 0.25) is 0 Å². The molecule has 0 heterocycles. The number of allylic oxidation sites excluding steroid dienone is 3. The van der Waals surface area contributed by atoms with Crippen LogP contribution in [0, 0.1) is 0 Å². The van der Waals surface area contributed by atoms with Crippen LogP contribution in [0.2, 0.25) is 0 Å². The van der Waals surface area contributed by atoms with Crippen molar-refractivity contribution < 1.29 is 0 Å². The van der Waals surface area contributed by atoms with Crippen molar-refractivity contribution in [2.45, 2.75) is 54.4 Å². The van der Waals surface area contributed by atoms with Crippen molar-refractivity contribution in [2.24, 2.45) is 0 Å². The summed E-state index contributed by atoms with van der Waals surface area (Å²) in [5.74, 6) is 0. The Morgan fingerprint density at radius 2 is 1.79 bits per heavy atom. The van der Waals surface area contributed by atoms with Crippen molar-refractivity contribution in [3.05, 3.63) is 53.3 Å². The minimum absolute atomic E-state index is 1.05. The summed E-state index contributed by atoms with van der Waals surface area (Å²) in [6.07, 6.45) is 6.50. The Kier molecular flexibility index (Phi) is 9.60. The second-order valence-electron chi connectivity index (χ2n) is 4.13. The van der Waals surface area contributed by atoms with E-state index in [1.807, 2.05) is 13.8 Å². The van der Waals surface area contributed by atoms with Gasteiger partial charge in [-0.25, -0.2) is 0 Å². The molecule has 0 amide bonds. The maximum atomic E-state index is 3.53. The van der Waals surface area contributed by atoms with Crippen LogP contribution >= 0.6 is 0 Å². The van der Waals surface area contributed by atoms with Gasteiger partial charge in [0.05, 0.1) is 0 Å². The van der Waals surface area contributed by atoms with Crippen LogP contribution in [-0.2, 0) is 6.42 Å². The second-order valence-corrected chi connectivity index (χ2v) is 4.13. The number of nitrogens with one attached hydrogen (secondary N) is 1. The molecular formula is C18H29N. The molecule has 0 saturated carbocycles. The number of benzene rings is 1. The van der Waals surface area contributed by atoms with Gasteiger partial charge < -0.3 is 5.32 Å². The third-order valence-corrected chi connectivity index (χ3v) is 2.89. The molecule has 0 unspecified atom stereocenters. The van der Waals surface area contributed by atoms with E-state index in [9.17, 15) is 0 Å². The Bertz CT molecular complexity index is 413. The number of para-hydroxylation sites is 1. The fourth-order valence-corrected chi connectivity index (χ4v) is 1.91. The minimum Gasteiger partial charge on any atom is -0.355 e. The van der Waals surface area contributed by atoms with E-state index in [2.05, 4.69) is 69.4 Å². The number of rotatable bonds is 5. The van der Waals surface area contributed by atoms with Crippen molar-refractivity contribution in [1.29, 1.82) is 0 Å². The Morgan fingerprint density at radius 1 is 1.16 bits per heavy atom. The third kappa shape index (κ3) is 5.78. The quantitative estimate of drug-likeness (QED) is 0.644. The first-order chi connectivity index (χ1) is 9.22. The van der Waals surface area contributed by atoms with Crippen LogP contribution in [0.4, 0.5) is 5.69 Å². The topological polar surface area (TPSA) is 12.0 Å². The maximum absolute atomic E-state index is 3.53. The van der Waals surface area contributed by atoms with Gasteiger partial charge in [-0.2, -0.15) is 0 Å². The summed E-state index contributed by atoms with van der Waals surface area (Å²) in [5.41, 5.74) is 5.08. The van der Waals surface area contributed by atoms with E-state index in [1.54, 1.807) is 0 Å². The van der Waals surface area contributed by atoms with Gasteiger partial charge in [-0.15, -0.1) is 0 Å². The molecule has 1 rings (SSSR count). The summed E-state index contributed by atoms with van der Waals surface area (Å²) < 4.78 is 0. The van der Waals surface area contributed by atoms with Crippen molar-refractivity contribution >= 4 is 5.69 Å². The average Bonchev–Trinajstić information content (AvgIpc) is 2.47. The maximum Gasteiger partial charge on any atom is 0.0416 e. The fourth-order valence-electron chi connectivity index (χ4n) is 1.91. The highest BCUT2D eigenvalue weighted by molar-refractivity contribution is 5.57. The van der Waals surface area contributed by atoms with Crippen LogP contribution < -0.4 is 5.32 Å². The number of hydrogen-bond acceptors (Lipinski definition) is 1. The molecule has 0 spiro atoms. The van der Waals surface area contributed by atoms with E-state index in [0.29, 0.717) is 0 Å². The lowest BCUT2D eigenvalue weighted by Crippen LogP contribution is -2.03. The highest BCUT2D eigenvalue weighted by atomic mass is 14.9. The second kappa shape index (κ2) is 10.4.